The van der Waals surface area contributed by atoms with Crippen LogP contribution in [-0.4, -0.2) is 10.8 Å². The third kappa shape index (κ3) is 7.39. The lowest BCUT2D eigenvalue weighted by Gasteiger charge is -2.41. The SMILES string of the molecule is CCC(C)(C)N([O-])OC1=CC(C)(C)C=C(PC2=CC(C)(C)C=C(OI)C=C2)C=C1. The second kappa shape index (κ2) is 9.51. The number of rotatable bonds is 7. The third-order valence-corrected chi connectivity index (χ3v) is 6.57. The number of nitrogens with zero attached hydrogens (tertiary/aromatic N) is 1. The lowest BCUT2D eigenvalue weighted by molar-refractivity contribution is -0.139. The molecule has 0 aromatic carbocycles. The van der Waals surface area contributed by atoms with Crippen LogP contribution in [-0.2, 0) is 7.90 Å². The van der Waals surface area contributed by atoms with Crippen LogP contribution in [0.3, 0.4) is 0 Å². The molecule has 0 aliphatic heterocycles. The molecule has 0 N–H and O–H groups in total. The quantitative estimate of drug-likeness (QED) is 0.193. The van der Waals surface area contributed by atoms with Crippen LogP contribution in [0.25, 0.3) is 0 Å². The first-order valence-corrected chi connectivity index (χ1v) is 11.7. The summed E-state index contributed by atoms with van der Waals surface area (Å²) in [5.41, 5.74) is -0.883. The van der Waals surface area contributed by atoms with Gasteiger partial charge in [0.1, 0.15) is 11.5 Å². The van der Waals surface area contributed by atoms with Gasteiger partial charge >= 0.3 is 0 Å². The lowest BCUT2D eigenvalue weighted by Crippen LogP contribution is -2.38. The first-order chi connectivity index (χ1) is 13.4. The molecule has 1 unspecified atom stereocenters. The number of allylic oxidation sites excluding steroid dienone is 10. The van der Waals surface area contributed by atoms with Crippen LogP contribution in [0.4, 0.5) is 0 Å². The molecule has 0 bridgehead atoms. The van der Waals surface area contributed by atoms with Crippen LogP contribution < -0.4 is 0 Å². The fourth-order valence-corrected chi connectivity index (χ4v) is 4.76. The van der Waals surface area contributed by atoms with Crippen LogP contribution in [0, 0.1) is 16.0 Å². The van der Waals surface area contributed by atoms with Crippen molar-refractivity contribution in [2.75, 3.05) is 0 Å². The van der Waals surface area contributed by atoms with Gasteiger partial charge in [-0.25, -0.2) is 5.23 Å². The molecule has 0 fully saturated rings. The molecule has 0 radical (unpaired) electrons. The Hall–Kier alpha value is -0.880. The third-order valence-electron chi connectivity index (χ3n) is 4.86. The number of hydroxylamine groups is 2. The topological polar surface area (TPSA) is 44.8 Å². The second-order valence-electron chi connectivity index (χ2n) is 9.32. The first kappa shape index (κ1) is 24.4. The van der Waals surface area contributed by atoms with Gasteiger partial charge < -0.3 is 13.1 Å². The summed E-state index contributed by atoms with van der Waals surface area (Å²) in [6, 6.07) is 0. The minimum Gasteiger partial charge on any atom is -0.752 e. The van der Waals surface area contributed by atoms with E-state index in [4.69, 9.17) is 7.90 Å². The normalized spacial score (nSPS) is 21.3. The fourth-order valence-electron chi connectivity index (χ4n) is 2.93. The van der Waals surface area contributed by atoms with Gasteiger partial charge in [-0.1, -0.05) is 67.5 Å². The van der Waals surface area contributed by atoms with Crippen LogP contribution >= 0.6 is 31.6 Å². The summed E-state index contributed by atoms with van der Waals surface area (Å²) < 4.78 is 5.41. The van der Waals surface area contributed by atoms with Crippen LogP contribution in [0.5, 0.6) is 0 Å². The minimum absolute atomic E-state index is 0.0851. The van der Waals surface area contributed by atoms with Crippen molar-refractivity contribution in [3.8, 4) is 0 Å². The Kier molecular flexibility index (Phi) is 7.99. The van der Waals surface area contributed by atoms with Crippen LogP contribution in [0.15, 0.2) is 70.8 Å². The van der Waals surface area contributed by atoms with Gasteiger partial charge in [0.05, 0.1) is 0 Å². The van der Waals surface area contributed by atoms with Gasteiger partial charge in [-0.2, -0.15) is 0 Å². The predicted octanol–water partition coefficient (Wildman–Crippen LogP) is 7.68. The van der Waals surface area contributed by atoms with E-state index in [1.165, 1.54) is 10.6 Å². The number of hydrogen-bond acceptors (Lipinski definition) is 4. The molecule has 0 heterocycles. The van der Waals surface area contributed by atoms with E-state index in [1.807, 2.05) is 62.0 Å². The molecule has 2 aliphatic carbocycles. The van der Waals surface area contributed by atoms with Crippen molar-refractivity contribution in [1.82, 2.24) is 5.23 Å². The van der Waals surface area contributed by atoms with Crippen molar-refractivity contribution in [3.63, 3.8) is 0 Å². The molecular weight excluding hydrogens is 496 g/mol. The van der Waals surface area contributed by atoms with Crippen LogP contribution in [0.1, 0.15) is 54.9 Å². The Labute approximate surface area is 191 Å². The van der Waals surface area contributed by atoms with Gasteiger partial charge in [-0.3, -0.25) is 0 Å². The van der Waals surface area contributed by atoms with Gasteiger partial charge in [0.15, 0.2) is 23.0 Å². The average Bonchev–Trinajstić information content (AvgIpc) is 2.84. The molecular formula is C23H32INO3P-. The molecule has 0 aromatic heterocycles. The number of hydrogen-bond donors (Lipinski definition) is 0. The Bertz CT molecular complexity index is 801. The highest BCUT2D eigenvalue weighted by Gasteiger charge is 2.23. The summed E-state index contributed by atoms with van der Waals surface area (Å²) in [6.45, 7) is 14.3. The van der Waals surface area contributed by atoms with Gasteiger partial charge in [0.2, 0.25) is 0 Å². The van der Waals surface area contributed by atoms with Gasteiger partial charge in [0, 0.05) is 16.4 Å². The molecule has 0 saturated carbocycles. The zero-order valence-electron chi connectivity index (χ0n) is 18.4. The molecule has 2 aliphatic rings. The summed E-state index contributed by atoms with van der Waals surface area (Å²) in [4.78, 5) is 5.65. The average molecular weight is 528 g/mol. The maximum atomic E-state index is 12.4. The monoisotopic (exact) mass is 528 g/mol. The lowest BCUT2D eigenvalue weighted by atomic mass is 9.93. The summed E-state index contributed by atoms with van der Waals surface area (Å²) in [5.74, 6) is 1.44. The van der Waals surface area contributed by atoms with E-state index < -0.39 is 5.54 Å². The van der Waals surface area contributed by atoms with Crippen molar-refractivity contribution in [2.24, 2.45) is 10.8 Å². The standard InChI is InChI=1S/C23H32INO3P/c1-8-23(6,7)25(26)28-18-10-12-20(16-22(4,5)14-18)29-19-11-9-17(27-24)13-21(2,3)15-19/h9-16,29H,8H2,1-7H3/q-1. The molecule has 160 valence electrons. The van der Waals surface area contributed by atoms with Crippen molar-refractivity contribution < 1.29 is 7.90 Å². The predicted molar refractivity (Wildman–Crippen MR) is 132 cm³/mol. The van der Waals surface area contributed by atoms with Gasteiger partial charge in [-0.05, 0) is 55.2 Å². The highest BCUT2D eigenvalue weighted by molar-refractivity contribution is 14.1. The van der Waals surface area contributed by atoms with E-state index in [2.05, 4.69) is 58.1 Å². The zero-order chi connectivity index (χ0) is 21.9. The smallest absolute Gasteiger partial charge is 0.192 e. The first-order valence-electron chi connectivity index (χ1n) is 9.84. The van der Waals surface area contributed by atoms with E-state index >= 15 is 0 Å². The van der Waals surface area contributed by atoms with E-state index in [0.29, 0.717) is 26.0 Å². The van der Waals surface area contributed by atoms with Gasteiger partial charge in [0.25, 0.3) is 0 Å². The summed E-state index contributed by atoms with van der Waals surface area (Å²) in [5, 5.41) is 15.6. The molecule has 1 atom stereocenters. The van der Waals surface area contributed by atoms with E-state index in [1.54, 1.807) is 0 Å². The van der Waals surface area contributed by atoms with Crippen molar-refractivity contribution >= 4 is 31.6 Å². The molecule has 0 aromatic rings. The molecule has 0 amide bonds. The maximum Gasteiger partial charge on any atom is 0.192 e. The highest BCUT2D eigenvalue weighted by atomic mass is 127. The highest BCUT2D eigenvalue weighted by Crippen LogP contribution is 2.43. The van der Waals surface area contributed by atoms with Crippen molar-refractivity contribution in [1.29, 1.82) is 0 Å². The second-order valence-corrected chi connectivity index (χ2v) is 11.2. The summed E-state index contributed by atoms with van der Waals surface area (Å²) in [7, 11) is 0.498. The zero-order valence-corrected chi connectivity index (χ0v) is 21.5. The van der Waals surface area contributed by atoms with Crippen molar-refractivity contribution in [3.05, 3.63) is 76.0 Å². The summed E-state index contributed by atoms with van der Waals surface area (Å²) in [6.07, 6.45) is 17.5. The molecule has 6 heteroatoms. The largest absolute Gasteiger partial charge is 0.752 e. The number of halogens is 1. The van der Waals surface area contributed by atoms with E-state index in [0.717, 1.165) is 5.76 Å². The Balaban J connectivity index is 2.21. The summed E-state index contributed by atoms with van der Waals surface area (Å²) >= 11 is 1.92. The van der Waals surface area contributed by atoms with Gasteiger partial charge in [-0.15, -0.1) is 0 Å². The molecule has 0 spiro atoms. The minimum atomic E-state index is -0.573. The molecule has 0 saturated heterocycles. The molecule has 2 rings (SSSR count). The molecule has 29 heavy (non-hydrogen) atoms. The van der Waals surface area contributed by atoms with E-state index in [-0.39, 0.29) is 10.8 Å². The Morgan fingerprint density at radius 3 is 1.90 bits per heavy atom. The van der Waals surface area contributed by atoms with E-state index in [9.17, 15) is 5.21 Å². The fraction of sp³-hybridized carbons (Fsp3) is 0.478. The Morgan fingerprint density at radius 2 is 1.41 bits per heavy atom. The Morgan fingerprint density at radius 1 is 0.931 bits per heavy atom. The van der Waals surface area contributed by atoms with Crippen LogP contribution in [0.2, 0.25) is 0 Å². The molecule has 4 nitrogen and oxygen atoms in total. The maximum absolute atomic E-state index is 12.4. The van der Waals surface area contributed by atoms with Crippen molar-refractivity contribution in [2.45, 2.75) is 60.4 Å².